The van der Waals surface area contributed by atoms with E-state index in [4.69, 9.17) is 4.74 Å². The third kappa shape index (κ3) is 1.78. The van der Waals surface area contributed by atoms with Crippen LogP contribution in [-0.2, 0) is 15.3 Å². The van der Waals surface area contributed by atoms with E-state index >= 15 is 0 Å². The van der Waals surface area contributed by atoms with Gasteiger partial charge in [-0.3, -0.25) is 4.79 Å². The highest BCUT2D eigenvalue weighted by Gasteiger charge is 2.50. The second-order valence-electron chi connectivity index (χ2n) is 4.48. The molecule has 0 saturated heterocycles. The second kappa shape index (κ2) is 4.51. The van der Waals surface area contributed by atoms with E-state index in [1.807, 2.05) is 0 Å². The van der Waals surface area contributed by atoms with Gasteiger partial charge in [-0.2, -0.15) is 0 Å². The fraction of sp³-hybridized carbons (Fsp3) is 0.0625. The zero-order valence-electron chi connectivity index (χ0n) is 10.5. The van der Waals surface area contributed by atoms with E-state index in [1.165, 1.54) is 0 Å². The van der Waals surface area contributed by atoms with Crippen LogP contribution in [0.4, 0.5) is 0 Å². The predicted molar refractivity (Wildman–Crippen MR) is 72.4 cm³/mol. The van der Waals surface area contributed by atoms with Crippen molar-refractivity contribution in [3.05, 3.63) is 77.5 Å². The lowest BCUT2D eigenvalue weighted by atomic mass is 10.0. The first kappa shape index (κ1) is 12.4. The van der Waals surface area contributed by atoms with E-state index in [1.54, 1.807) is 60.7 Å². The Morgan fingerprint density at radius 3 is 2.05 bits per heavy atom. The van der Waals surface area contributed by atoms with Gasteiger partial charge in [0, 0.05) is 11.1 Å². The van der Waals surface area contributed by atoms with Crippen LogP contribution in [0.5, 0.6) is 0 Å². The minimum Gasteiger partial charge on any atom is -0.502 e. The van der Waals surface area contributed by atoms with Gasteiger partial charge in [0.05, 0.1) is 0 Å². The van der Waals surface area contributed by atoms with Gasteiger partial charge in [-0.05, 0) is 0 Å². The van der Waals surface area contributed by atoms with Crippen LogP contribution in [0.3, 0.4) is 0 Å². The molecule has 0 spiro atoms. The molecule has 1 heterocycles. The zero-order chi connectivity index (χ0) is 14.2. The monoisotopic (exact) mass is 268 g/mol. The molecule has 0 fully saturated rings. The number of hydrogen-bond acceptors (Lipinski definition) is 4. The molecule has 1 atom stereocenters. The summed E-state index contributed by atoms with van der Waals surface area (Å²) < 4.78 is 5.38. The summed E-state index contributed by atoms with van der Waals surface area (Å²) in [7, 11) is 0. The van der Waals surface area contributed by atoms with Crippen LogP contribution < -0.4 is 0 Å². The van der Waals surface area contributed by atoms with Crippen LogP contribution in [0.2, 0.25) is 0 Å². The zero-order valence-corrected chi connectivity index (χ0v) is 10.5. The number of rotatable bonds is 2. The van der Waals surface area contributed by atoms with Gasteiger partial charge in [0.1, 0.15) is 0 Å². The first-order valence-corrected chi connectivity index (χ1v) is 6.13. The number of carbonyl (C=O) groups is 1. The minimum absolute atomic E-state index is 0.0121. The van der Waals surface area contributed by atoms with Gasteiger partial charge in [-0.25, -0.2) is 0 Å². The van der Waals surface area contributed by atoms with E-state index in [0.717, 1.165) is 0 Å². The average molecular weight is 268 g/mol. The Hall–Kier alpha value is -2.59. The molecular formula is C16H12O4. The Morgan fingerprint density at radius 2 is 1.45 bits per heavy atom. The SMILES string of the molecule is O=C1C(O)=C(c2ccccc2)OC1(O)c1ccccc1. The Balaban J connectivity index is 2.04. The van der Waals surface area contributed by atoms with Crippen molar-refractivity contribution in [2.24, 2.45) is 0 Å². The van der Waals surface area contributed by atoms with Gasteiger partial charge < -0.3 is 14.9 Å². The molecular weight excluding hydrogens is 256 g/mol. The molecule has 20 heavy (non-hydrogen) atoms. The van der Waals surface area contributed by atoms with Gasteiger partial charge >= 0.3 is 5.79 Å². The van der Waals surface area contributed by atoms with Gasteiger partial charge in [0.2, 0.25) is 5.76 Å². The van der Waals surface area contributed by atoms with Crippen molar-refractivity contribution in [1.82, 2.24) is 0 Å². The first-order valence-electron chi connectivity index (χ1n) is 6.13. The van der Waals surface area contributed by atoms with Crippen molar-refractivity contribution in [2.75, 3.05) is 0 Å². The Labute approximate surface area is 115 Å². The number of hydrogen-bond donors (Lipinski definition) is 2. The van der Waals surface area contributed by atoms with Gasteiger partial charge in [-0.1, -0.05) is 60.7 Å². The molecule has 0 aliphatic carbocycles. The standard InChI is InChI=1S/C16H12O4/c17-13-14(11-7-3-1-4-8-11)20-16(19,15(13)18)12-9-5-2-6-10-12/h1-10,17,19H. The maximum atomic E-state index is 12.1. The molecule has 1 unspecified atom stereocenters. The summed E-state index contributed by atoms with van der Waals surface area (Å²) in [5, 5.41) is 20.4. The molecule has 1 aliphatic heterocycles. The molecule has 1 aliphatic rings. The molecule has 3 rings (SSSR count). The molecule has 0 amide bonds. The first-order chi connectivity index (χ1) is 9.63. The third-order valence-electron chi connectivity index (χ3n) is 3.19. The van der Waals surface area contributed by atoms with Crippen LogP contribution in [0, 0.1) is 0 Å². The van der Waals surface area contributed by atoms with E-state index in [0.29, 0.717) is 5.56 Å². The lowest BCUT2D eigenvalue weighted by Gasteiger charge is -2.21. The van der Waals surface area contributed by atoms with Crippen molar-refractivity contribution in [1.29, 1.82) is 0 Å². The molecule has 2 aromatic carbocycles. The molecule has 0 aromatic heterocycles. The number of ketones is 1. The normalized spacial score (nSPS) is 21.9. The largest absolute Gasteiger partial charge is 0.502 e. The van der Waals surface area contributed by atoms with Crippen LogP contribution in [0.25, 0.3) is 5.76 Å². The molecule has 0 radical (unpaired) electrons. The molecule has 4 heteroatoms. The fourth-order valence-corrected chi connectivity index (χ4v) is 2.15. The van der Waals surface area contributed by atoms with Crippen molar-refractivity contribution in [3.8, 4) is 0 Å². The van der Waals surface area contributed by atoms with Gasteiger partial charge in [-0.15, -0.1) is 0 Å². The summed E-state index contributed by atoms with van der Waals surface area (Å²) in [5.41, 5.74) is 0.813. The summed E-state index contributed by atoms with van der Waals surface area (Å²) in [4.78, 5) is 12.1. The minimum atomic E-state index is -2.17. The maximum Gasteiger partial charge on any atom is 0.303 e. The summed E-state index contributed by atoms with van der Waals surface area (Å²) >= 11 is 0. The number of benzene rings is 2. The summed E-state index contributed by atoms with van der Waals surface area (Å²) in [5.74, 6) is -3.61. The molecule has 2 N–H and O–H groups in total. The second-order valence-corrected chi connectivity index (χ2v) is 4.48. The van der Waals surface area contributed by atoms with E-state index in [-0.39, 0.29) is 11.3 Å². The van der Waals surface area contributed by atoms with Crippen LogP contribution in [-0.4, -0.2) is 16.0 Å². The highest BCUT2D eigenvalue weighted by molar-refractivity contribution is 6.07. The highest BCUT2D eigenvalue weighted by Crippen LogP contribution is 2.39. The molecule has 0 bridgehead atoms. The Bertz CT molecular complexity index is 676. The maximum absolute atomic E-state index is 12.1. The number of ether oxygens (including phenoxy) is 1. The van der Waals surface area contributed by atoms with E-state index in [2.05, 4.69) is 0 Å². The van der Waals surface area contributed by atoms with Crippen molar-refractivity contribution < 1.29 is 19.7 Å². The lowest BCUT2D eigenvalue weighted by molar-refractivity contribution is -0.175. The number of Topliss-reactive ketones (excluding diaryl/α,β-unsaturated/α-hetero) is 1. The van der Waals surface area contributed by atoms with Crippen LogP contribution >= 0.6 is 0 Å². The summed E-state index contributed by atoms with van der Waals surface area (Å²) in [6, 6.07) is 17.0. The summed E-state index contributed by atoms with van der Waals surface area (Å²) in [6.45, 7) is 0. The Kier molecular flexibility index (Phi) is 2.80. The van der Waals surface area contributed by atoms with E-state index in [9.17, 15) is 15.0 Å². The molecule has 2 aromatic rings. The number of carbonyl (C=O) groups excluding carboxylic acids is 1. The Morgan fingerprint density at radius 1 is 0.900 bits per heavy atom. The average Bonchev–Trinajstić information content (AvgIpc) is 2.75. The fourth-order valence-electron chi connectivity index (χ4n) is 2.15. The third-order valence-corrected chi connectivity index (χ3v) is 3.19. The number of aliphatic hydroxyl groups is 2. The topological polar surface area (TPSA) is 66.8 Å². The summed E-state index contributed by atoms with van der Waals surface area (Å²) in [6.07, 6.45) is 0. The van der Waals surface area contributed by atoms with E-state index < -0.39 is 17.3 Å². The lowest BCUT2D eigenvalue weighted by Crippen LogP contribution is -2.34. The molecule has 0 saturated carbocycles. The van der Waals surface area contributed by atoms with Crippen molar-refractivity contribution in [3.63, 3.8) is 0 Å². The van der Waals surface area contributed by atoms with Crippen molar-refractivity contribution >= 4 is 11.5 Å². The molecule has 100 valence electrons. The van der Waals surface area contributed by atoms with Crippen LogP contribution in [0.15, 0.2) is 66.4 Å². The number of aliphatic hydroxyl groups excluding tert-OH is 1. The van der Waals surface area contributed by atoms with Gasteiger partial charge in [0.25, 0.3) is 5.78 Å². The van der Waals surface area contributed by atoms with Gasteiger partial charge in [0.15, 0.2) is 5.76 Å². The molecule has 4 nitrogen and oxygen atoms in total. The quantitative estimate of drug-likeness (QED) is 0.877. The smallest absolute Gasteiger partial charge is 0.303 e. The van der Waals surface area contributed by atoms with Crippen LogP contribution in [0.1, 0.15) is 11.1 Å². The predicted octanol–water partition coefficient (Wildman–Crippen LogP) is 2.36. The highest BCUT2D eigenvalue weighted by atomic mass is 16.6. The van der Waals surface area contributed by atoms with Crippen molar-refractivity contribution in [2.45, 2.75) is 5.79 Å².